The highest BCUT2D eigenvalue weighted by Gasteiger charge is 2.35. The Hall–Kier alpha value is -1.92. The van der Waals surface area contributed by atoms with E-state index in [0.29, 0.717) is 32.6 Å². The molecule has 6 nitrogen and oxygen atoms in total. The molecule has 0 spiro atoms. The molecule has 3 N–H and O–H groups in total. The molecule has 1 aliphatic rings. The molecule has 1 aliphatic heterocycles. The van der Waals surface area contributed by atoms with Crippen molar-refractivity contribution in [1.82, 2.24) is 10.2 Å². The van der Waals surface area contributed by atoms with Crippen molar-refractivity contribution < 1.29 is 14.3 Å². The van der Waals surface area contributed by atoms with Gasteiger partial charge in [0.2, 0.25) is 11.8 Å². The largest absolute Gasteiger partial charge is 0.381 e. The van der Waals surface area contributed by atoms with Crippen LogP contribution in [0.25, 0.3) is 0 Å². The van der Waals surface area contributed by atoms with E-state index in [2.05, 4.69) is 5.32 Å². The number of hydrogen-bond donors (Lipinski definition) is 2. The van der Waals surface area contributed by atoms with E-state index >= 15 is 0 Å². The van der Waals surface area contributed by atoms with E-state index in [0.717, 1.165) is 5.56 Å². The second-order valence-corrected chi connectivity index (χ2v) is 5.69. The van der Waals surface area contributed by atoms with Crippen molar-refractivity contribution in [3.63, 3.8) is 0 Å². The summed E-state index contributed by atoms with van der Waals surface area (Å²) < 4.78 is 5.21. The molecule has 6 heteroatoms. The number of carbonyl (C=O) groups is 2. The number of hydrogen-bond acceptors (Lipinski definition) is 4. The zero-order chi connectivity index (χ0) is 16.0. The topological polar surface area (TPSA) is 84.7 Å². The lowest BCUT2D eigenvalue weighted by atomic mass is 9.90. The van der Waals surface area contributed by atoms with Gasteiger partial charge in [0.25, 0.3) is 0 Å². The number of ether oxygens (including phenoxy) is 1. The molecule has 1 aromatic carbocycles. The van der Waals surface area contributed by atoms with E-state index in [1.807, 2.05) is 30.3 Å². The molecular formula is C16H23N3O3. The summed E-state index contributed by atoms with van der Waals surface area (Å²) in [5, 5.41) is 2.65. The summed E-state index contributed by atoms with van der Waals surface area (Å²) in [6, 6.07) is 9.70. The quantitative estimate of drug-likeness (QED) is 0.818. The van der Waals surface area contributed by atoms with Gasteiger partial charge in [0.15, 0.2) is 0 Å². The van der Waals surface area contributed by atoms with Crippen molar-refractivity contribution in [2.75, 3.05) is 26.8 Å². The average molecular weight is 305 g/mol. The van der Waals surface area contributed by atoms with E-state index < -0.39 is 5.54 Å². The van der Waals surface area contributed by atoms with Crippen LogP contribution in [-0.2, 0) is 20.9 Å². The Balaban J connectivity index is 1.80. The molecule has 2 rings (SSSR count). The predicted octanol–water partition coefficient (Wildman–Crippen LogP) is 0.269. The fourth-order valence-electron chi connectivity index (χ4n) is 2.38. The molecule has 1 saturated heterocycles. The minimum Gasteiger partial charge on any atom is -0.381 e. The summed E-state index contributed by atoms with van der Waals surface area (Å²) in [5.74, 6) is -0.426. The lowest BCUT2D eigenvalue weighted by Crippen LogP contribution is -2.58. The number of carbonyl (C=O) groups excluding carboxylic acids is 2. The van der Waals surface area contributed by atoms with Gasteiger partial charge in [0.05, 0.1) is 12.1 Å². The fraction of sp³-hybridized carbons (Fsp3) is 0.500. The number of rotatable bonds is 5. The van der Waals surface area contributed by atoms with Gasteiger partial charge < -0.3 is 20.7 Å². The first-order valence-corrected chi connectivity index (χ1v) is 7.44. The lowest BCUT2D eigenvalue weighted by Gasteiger charge is -2.31. The molecule has 1 aromatic rings. The number of amides is 2. The highest BCUT2D eigenvalue weighted by molar-refractivity contribution is 5.90. The van der Waals surface area contributed by atoms with Crippen molar-refractivity contribution in [3.05, 3.63) is 35.9 Å². The summed E-state index contributed by atoms with van der Waals surface area (Å²) >= 11 is 0. The summed E-state index contributed by atoms with van der Waals surface area (Å²) in [4.78, 5) is 25.8. The molecular weight excluding hydrogens is 282 g/mol. The Labute approximate surface area is 130 Å². The maximum atomic E-state index is 12.1. The van der Waals surface area contributed by atoms with Crippen LogP contribution in [0.5, 0.6) is 0 Å². The van der Waals surface area contributed by atoms with Gasteiger partial charge in [-0.05, 0) is 18.4 Å². The van der Waals surface area contributed by atoms with E-state index in [1.165, 1.54) is 0 Å². The maximum Gasteiger partial charge on any atom is 0.242 e. The Morgan fingerprint density at radius 3 is 2.55 bits per heavy atom. The molecule has 0 saturated carbocycles. The van der Waals surface area contributed by atoms with E-state index in [4.69, 9.17) is 10.5 Å². The van der Waals surface area contributed by atoms with Gasteiger partial charge in [-0.3, -0.25) is 9.59 Å². The number of nitrogens with two attached hydrogens (primary N) is 1. The van der Waals surface area contributed by atoms with Crippen LogP contribution in [-0.4, -0.2) is 49.1 Å². The van der Waals surface area contributed by atoms with Crippen LogP contribution in [0, 0.1) is 0 Å². The zero-order valence-corrected chi connectivity index (χ0v) is 12.9. The number of nitrogens with one attached hydrogen (secondary N) is 1. The van der Waals surface area contributed by atoms with E-state index in [9.17, 15) is 9.59 Å². The Morgan fingerprint density at radius 1 is 1.27 bits per heavy atom. The van der Waals surface area contributed by atoms with Gasteiger partial charge in [-0.1, -0.05) is 30.3 Å². The van der Waals surface area contributed by atoms with Crippen LogP contribution in [0.15, 0.2) is 30.3 Å². The summed E-state index contributed by atoms with van der Waals surface area (Å²) in [7, 11) is 1.72. The Bertz CT molecular complexity index is 513. The van der Waals surface area contributed by atoms with Crippen LogP contribution >= 0.6 is 0 Å². The second-order valence-electron chi connectivity index (χ2n) is 5.69. The van der Waals surface area contributed by atoms with Gasteiger partial charge >= 0.3 is 0 Å². The Kier molecular flexibility index (Phi) is 5.51. The molecule has 120 valence electrons. The first kappa shape index (κ1) is 16.5. The molecule has 0 unspecified atom stereocenters. The molecule has 1 fully saturated rings. The normalized spacial score (nSPS) is 16.8. The molecule has 0 aromatic heterocycles. The van der Waals surface area contributed by atoms with Crippen LogP contribution in [0.2, 0.25) is 0 Å². The van der Waals surface area contributed by atoms with Gasteiger partial charge in [0.1, 0.15) is 0 Å². The van der Waals surface area contributed by atoms with Crippen molar-refractivity contribution in [1.29, 1.82) is 0 Å². The van der Waals surface area contributed by atoms with Gasteiger partial charge in [-0.15, -0.1) is 0 Å². The second kappa shape index (κ2) is 7.38. The SMILES string of the molecule is CN(Cc1ccccc1)C(=O)CNC(=O)C1(N)CCOCC1. The van der Waals surface area contributed by atoms with Crippen molar-refractivity contribution in [2.45, 2.75) is 24.9 Å². The number of benzene rings is 1. The number of nitrogens with zero attached hydrogens (tertiary/aromatic N) is 1. The third-order valence-corrected chi connectivity index (χ3v) is 3.93. The van der Waals surface area contributed by atoms with Crippen molar-refractivity contribution in [2.24, 2.45) is 5.73 Å². The fourth-order valence-corrected chi connectivity index (χ4v) is 2.38. The molecule has 22 heavy (non-hydrogen) atoms. The molecule has 0 radical (unpaired) electrons. The van der Waals surface area contributed by atoms with Gasteiger partial charge in [-0.25, -0.2) is 0 Å². The van der Waals surface area contributed by atoms with E-state index in [1.54, 1.807) is 11.9 Å². The number of likely N-dealkylation sites (N-methyl/N-ethyl adjacent to an activating group) is 1. The molecule has 1 heterocycles. The minimum atomic E-state index is -0.920. The highest BCUT2D eigenvalue weighted by Crippen LogP contribution is 2.17. The van der Waals surface area contributed by atoms with Gasteiger partial charge in [-0.2, -0.15) is 0 Å². The summed E-state index contributed by atoms with van der Waals surface area (Å²) in [6.45, 7) is 1.43. The van der Waals surface area contributed by atoms with Gasteiger partial charge in [0, 0.05) is 26.8 Å². The third-order valence-electron chi connectivity index (χ3n) is 3.93. The zero-order valence-electron chi connectivity index (χ0n) is 12.9. The molecule has 0 bridgehead atoms. The smallest absolute Gasteiger partial charge is 0.242 e. The minimum absolute atomic E-state index is 0.0397. The standard InChI is InChI=1S/C16H23N3O3/c1-19(12-13-5-3-2-4-6-13)14(20)11-18-15(21)16(17)7-9-22-10-8-16/h2-6H,7-12,17H2,1H3,(H,18,21). The van der Waals surface area contributed by atoms with Crippen LogP contribution in [0.3, 0.4) is 0 Å². The van der Waals surface area contributed by atoms with Crippen LogP contribution < -0.4 is 11.1 Å². The first-order valence-electron chi connectivity index (χ1n) is 7.44. The Morgan fingerprint density at radius 2 is 1.91 bits per heavy atom. The highest BCUT2D eigenvalue weighted by atomic mass is 16.5. The molecule has 0 aliphatic carbocycles. The molecule has 2 amide bonds. The summed E-state index contributed by atoms with van der Waals surface area (Å²) in [6.07, 6.45) is 0.958. The lowest BCUT2D eigenvalue weighted by molar-refractivity contribution is -0.135. The first-order chi connectivity index (χ1) is 10.5. The van der Waals surface area contributed by atoms with Crippen molar-refractivity contribution in [3.8, 4) is 0 Å². The van der Waals surface area contributed by atoms with E-state index in [-0.39, 0.29) is 18.4 Å². The monoisotopic (exact) mass is 305 g/mol. The molecule has 0 atom stereocenters. The van der Waals surface area contributed by atoms with Crippen LogP contribution in [0.1, 0.15) is 18.4 Å². The average Bonchev–Trinajstić information content (AvgIpc) is 2.53. The third kappa shape index (κ3) is 4.29. The van der Waals surface area contributed by atoms with Crippen LogP contribution in [0.4, 0.5) is 0 Å². The predicted molar refractivity (Wildman–Crippen MR) is 82.9 cm³/mol. The van der Waals surface area contributed by atoms with Crippen molar-refractivity contribution >= 4 is 11.8 Å². The maximum absolute atomic E-state index is 12.1. The summed E-state index contributed by atoms with van der Waals surface area (Å²) in [5.41, 5.74) is 6.20.